The molecule has 0 radical (unpaired) electrons. The van der Waals surface area contributed by atoms with Gasteiger partial charge in [0.05, 0.1) is 17.2 Å². The SMILES string of the molecule is CCOc1ccc(N2C(=O)/C(=C/c3ccc(OCC(=O)Nc4ccccc4CC)cc3)SC2=S)cc1. The number of carbonyl (C=O) groups is 2. The summed E-state index contributed by atoms with van der Waals surface area (Å²) in [5, 5.41) is 2.89. The van der Waals surface area contributed by atoms with E-state index in [1.54, 1.807) is 18.2 Å². The second-order valence-electron chi connectivity index (χ2n) is 7.86. The van der Waals surface area contributed by atoms with Gasteiger partial charge in [0.25, 0.3) is 11.8 Å². The van der Waals surface area contributed by atoms with E-state index in [1.807, 2.05) is 74.5 Å². The molecular weight excluding hydrogens is 492 g/mol. The van der Waals surface area contributed by atoms with Crippen molar-refractivity contribution >= 4 is 57.6 Å². The fourth-order valence-corrected chi connectivity index (χ4v) is 4.94. The van der Waals surface area contributed by atoms with Crippen molar-refractivity contribution in [3.8, 4) is 11.5 Å². The van der Waals surface area contributed by atoms with Crippen LogP contribution in [0, 0.1) is 0 Å². The number of ether oxygens (including phenoxy) is 2. The van der Waals surface area contributed by atoms with Gasteiger partial charge >= 0.3 is 0 Å². The van der Waals surface area contributed by atoms with E-state index in [9.17, 15) is 9.59 Å². The van der Waals surface area contributed by atoms with E-state index in [4.69, 9.17) is 21.7 Å². The van der Waals surface area contributed by atoms with Gasteiger partial charge in [-0.15, -0.1) is 0 Å². The van der Waals surface area contributed by atoms with Crippen molar-refractivity contribution in [1.29, 1.82) is 0 Å². The summed E-state index contributed by atoms with van der Waals surface area (Å²) in [7, 11) is 0. The van der Waals surface area contributed by atoms with Crippen LogP contribution < -0.4 is 19.7 Å². The number of hydrogen-bond acceptors (Lipinski definition) is 6. The Kier molecular flexibility index (Phi) is 8.40. The molecule has 6 nitrogen and oxygen atoms in total. The van der Waals surface area contributed by atoms with E-state index in [-0.39, 0.29) is 18.4 Å². The van der Waals surface area contributed by atoms with Gasteiger partial charge in [0.2, 0.25) is 0 Å². The molecule has 0 bridgehead atoms. The van der Waals surface area contributed by atoms with Crippen LogP contribution in [-0.4, -0.2) is 29.3 Å². The van der Waals surface area contributed by atoms with Crippen LogP contribution in [0.4, 0.5) is 11.4 Å². The van der Waals surface area contributed by atoms with Crippen LogP contribution in [0.25, 0.3) is 6.08 Å². The predicted molar refractivity (Wildman–Crippen MR) is 150 cm³/mol. The first-order chi connectivity index (χ1) is 17.5. The fraction of sp³-hybridized carbons (Fsp3) is 0.179. The van der Waals surface area contributed by atoms with Crippen molar-refractivity contribution in [2.24, 2.45) is 0 Å². The third kappa shape index (κ3) is 6.13. The molecule has 1 N–H and O–H groups in total. The minimum atomic E-state index is -0.224. The van der Waals surface area contributed by atoms with Crippen LogP contribution in [0.15, 0.2) is 77.7 Å². The molecule has 0 aliphatic carbocycles. The predicted octanol–water partition coefficient (Wildman–Crippen LogP) is 6.07. The smallest absolute Gasteiger partial charge is 0.270 e. The third-order valence-corrected chi connectivity index (χ3v) is 6.72. The Morgan fingerprint density at radius 2 is 1.64 bits per heavy atom. The summed E-state index contributed by atoms with van der Waals surface area (Å²) >= 11 is 6.72. The van der Waals surface area contributed by atoms with Crippen LogP contribution in [0.1, 0.15) is 25.0 Å². The highest BCUT2D eigenvalue weighted by molar-refractivity contribution is 8.27. The van der Waals surface area contributed by atoms with E-state index < -0.39 is 0 Å². The molecule has 0 atom stereocenters. The maximum absolute atomic E-state index is 13.0. The number of para-hydroxylation sites is 1. The molecule has 3 aromatic rings. The minimum Gasteiger partial charge on any atom is -0.494 e. The largest absolute Gasteiger partial charge is 0.494 e. The summed E-state index contributed by atoms with van der Waals surface area (Å²) in [6.45, 7) is 4.44. The number of hydrogen-bond donors (Lipinski definition) is 1. The zero-order valence-electron chi connectivity index (χ0n) is 20.0. The lowest BCUT2D eigenvalue weighted by Gasteiger charge is -2.15. The highest BCUT2D eigenvalue weighted by atomic mass is 32.2. The number of aryl methyl sites for hydroxylation is 1. The van der Waals surface area contributed by atoms with E-state index in [0.717, 1.165) is 29.0 Å². The molecule has 3 aromatic carbocycles. The number of thioether (sulfide) groups is 1. The molecule has 1 saturated heterocycles. The molecule has 2 amide bonds. The molecule has 4 rings (SSSR count). The first-order valence-corrected chi connectivity index (χ1v) is 12.8. The summed E-state index contributed by atoms with van der Waals surface area (Å²) < 4.78 is 11.6. The Hall–Kier alpha value is -3.62. The van der Waals surface area contributed by atoms with Gasteiger partial charge in [-0.25, -0.2) is 0 Å². The average molecular weight is 519 g/mol. The van der Waals surface area contributed by atoms with Gasteiger partial charge in [-0.3, -0.25) is 14.5 Å². The molecule has 0 unspecified atom stereocenters. The number of amides is 2. The van der Waals surface area contributed by atoms with Gasteiger partial charge < -0.3 is 14.8 Å². The van der Waals surface area contributed by atoms with Gasteiger partial charge in [0, 0.05) is 5.69 Å². The number of thiocarbonyl (C=S) groups is 1. The van der Waals surface area contributed by atoms with Crippen molar-refractivity contribution in [3.05, 3.63) is 88.8 Å². The van der Waals surface area contributed by atoms with E-state index in [2.05, 4.69) is 5.32 Å². The Balaban J connectivity index is 1.36. The molecule has 1 aliphatic heterocycles. The lowest BCUT2D eigenvalue weighted by Crippen LogP contribution is -2.27. The summed E-state index contributed by atoms with van der Waals surface area (Å²) in [6.07, 6.45) is 2.63. The van der Waals surface area contributed by atoms with Crippen LogP contribution in [0.2, 0.25) is 0 Å². The second kappa shape index (κ2) is 11.9. The Bertz CT molecular complexity index is 1290. The lowest BCUT2D eigenvalue weighted by atomic mass is 10.1. The molecule has 0 spiro atoms. The highest BCUT2D eigenvalue weighted by Gasteiger charge is 2.33. The molecule has 1 aliphatic rings. The van der Waals surface area contributed by atoms with Gasteiger partial charge in [-0.1, -0.05) is 61.2 Å². The Labute approximate surface area is 220 Å². The number of anilines is 2. The average Bonchev–Trinajstić information content (AvgIpc) is 3.17. The highest BCUT2D eigenvalue weighted by Crippen LogP contribution is 2.36. The van der Waals surface area contributed by atoms with Crippen LogP contribution in [-0.2, 0) is 16.0 Å². The number of rotatable bonds is 9. The van der Waals surface area contributed by atoms with Crippen molar-refractivity contribution in [3.63, 3.8) is 0 Å². The maximum atomic E-state index is 13.0. The summed E-state index contributed by atoms with van der Waals surface area (Å²) in [6, 6.07) is 22.2. The maximum Gasteiger partial charge on any atom is 0.270 e. The Morgan fingerprint density at radius 3 is 2.33 bits per heavy atom. The van der Waals surface area contributed by atoms with Crippen LogP contribution in [0.5, 0.6) is 11.5 Å². The van der Waals surface area contributed by atoms with Gasteiger partial charge in [-0.2, -0.15) is 0 Å². The zero-order valence-corrected chi connectivity index (χ0v) is 21.7. The number of nitrogens with zero attached hydrogens (tertiary/aromatic N) is 1. The third-order valence-electron chi connectivity index (χ3n) is 5.42. The number of carbonyl (C=O) groups excluding carboxylic acids is 2. The van der Waals surface area contributed by atoms with E-state index in [0.29, 0.717) is 27.3 Å². The lowest BCUT2D eigenvalue weighted by molar-refractivity contribution is -0.118. The Morgan fingerprint density at radius 1 is 0.972 bits per heavy atom. The van der Waals surface area contributed by atoms with Crippen molar-refractivity contribution < 1.29 is 19.1 Å². The molecule has 0 aromatic heterocycles. The molecular formula is C28H26N2O4S2. The minimum absolute atomic E-state index is 0.0991. The standard InChI is InChI=1S/C28H26N2O4S2/c1-3-20-7-5-6-8-24(20)29-26(31)18-34-23-13-9-19(10-14-23)17-25-27(32)30(28(35)36-25)21-11-15-22(16-12-21)33-4-2/h5-17H,3-4,18H2,1-2H3,(H,29,31)/b25-17-. The van der Waals surface area contributed by atoms with Gasteiger partial charge in [0.1, 0.15) is 11.5 Å². The molecule has 1 heterocycles. The molecule has 0 saturated carbocycles. The summed E-state index contributed by atoms with van der Waals surface area (Å²) in [4.78, 5) is 27.4. The molecule has 184 valence electrons. The second-order valence-corrected chi connectivity index (χ2v) is 9.54. The first-order valence-electron chi connectivity index (χ1n) is 11.6. The van der Waals surface area contributed by atoms with Gasteiger partial charge in [0.15, 0.2) is 10.9 Å². The van der Waals surface area contributed by atoms with E-state index in [1.165, 1.54) is 16.7 Å². The number of benzene rings is 3. The summed E-state index contributed by atoms with van der Waals surface area (Å²) in [5.74, 6) is 0.914. The first kappa shape index (κ1) is 25.5. The van der Waals surface area contributed by atoms with Crippen molar-refractivity contribution in [2.75, 3.05) is 23.4 Å². The zero-order chi connectivity index (χ0) is 25.5. The fourth-order valence-electron chi connectivity index (χ4n) is 3.65. The van der Waals surface area contributed by atoms with Crippen molar-refractivity contribution in [1.82, 2.24) is 0 Å². The van der Waals surface area contributed by atoms with E-state index >= 15 is 0 Å². The summed E-state index contributed by atoms with van der Waals surface area (Å²) in [5.41, 5.74) is 3.40. The van der Waals surface area contributed by atoms with Crippen molar-refractivity contribution in [2.45, 2.75) is 20.3 Å². The van der Waals surface area contributed by atoms with Crippen LogP contribution >= 0.6 is 24.0 Å². The molecule has 8 heteroatoms. The number of nitrogens with one attached hydrogen (secondary N) is 1. The molecule has 36 heavy (non-hydrogen) atoms. The van der Waals surface area contributed by atoms with Crippen LogP contribution in [0.3, 0.4) is 0 Å². The quantitative estimate of drug-likeness (QED) is 0.274. The normalized spacial score (nSPS) is 14.3. The van der Waals surface area contributed by atoms with Gasteiger partial charge in [-0.05, 0) is 73.0 Å². The topological polar surface area (TPSA) is 67.9 Å². The monoisotopic (exact) mass is 518 g/mol. The molecule has 1 fully saturated rings.